The van der Waals surface area contributed by atoms with Gasteiger partial charge in [-0.2, -0.15) is 4.98 Å². The molecule has 0 aliphatic carbocycles. The first kappa shape index (κ1) is 44.3. The Bertz CT molecular complexity index is 383. The van der Waals surface area contributed by atoms with E-state index in [2.05, 4.69) is 96.7 Å². The fourth-order valence-corrected chi connectivity index (χ4v) is 0.401. The van der Waals surface area contributed by atoms with Crippen LogP contribution in [0.4, 0.5) is 0 Å². The van der Waals surface area contributed by atoms with Gasteiger partial charge in [0.25, 0.3) is 0 Å². The van der Waals surface area contributed by atoms with Gasteiger partial charge in [0.1, 0.15) is 5.84 Å². The Kier molecular flexibility index (Phi) is 58.3. The largest absolute Gasteiger partial charge is 0.412 e. The molecule has 0 radical (unpaired) electrons. The summed E-state index contributed by atoms with van der Waals surface area (Å²) in [4.78, 5) is 3.83. The fraction of sp³-hybridized carbons (Fsp3) is 0.571. The van der Waals surface area contributed by atoms with Gasteiger partial charge in [-0.1, -0.05) is 17.7 Å². The topological polar surface area (TPSA) is 227 Å². The van der Waals surface area contributed by atoms with Gasteiger partial charge >= 0.3 is 5.20 Å². The van der Waals surface area contributed by atoms with Crippen LogP contribution in [0.2, 0.25) is 0 Å². The van der Waals surface area contributed by atoms with Gasteiger partial charge in [0.05, 0.1) is 0 Å². The molecule has 0 saturated heterocycles. The Hall–Kier alpha value is 0.810. The monoisotopic (exact) mass is 662 g/mol. The molecule has 17 heteroatoms. The first-order valence-electron chi connectivity index (χ1n) is 4.36. The zero-order chi connectivity index (χ0) is 18.1. The van der Waals surface area contributed by atoms with Crippen LogP contribution in [0, 0.1) is 13.8 Å². The Balaban J connectivity index is -0.0000000314. The number of nitrogens with zero attached hydrogens (tertiary/aromatic N) is 3. The summed E-state index contributed by atoms with van der Waals surface area (Å²) < 4.78 is 14.1. The van der Waals surface area contributed by atoms with Crippen molar-refractivity contribution in [1.29, 1.82) is 0 Å². The Morgan fingerprint density at radius 3 is 1.58 bits per heavy atom. The molecule has 0 spiro atoms. The SMILES string of the molecule is C.C/C(N)=N/O.Cc1noc(C)n1.II.N.NO.O.O=P(Cl)(Cl)Cl. The summed E-state index contributed by atoms with van der Waals surface area (Å²) in [7, 11) is 0. The van der Waals surface area contributed by atoms with Gasteiger partial charge < -0.3 is 32.3 Å². The third kappa shape index (κ3) is 77.8. The minimum Gasteiger partial charge on any atom is -0.412 e. The standard InChI is InChI=1S/C4H6N2O.C2H6N2O.CH4.Cl3OP.I2.H3NO.H3N.H2O/c1-3-5-4(2)7-6-3;1-2(3)4-5;;1-5(2,3)4;2*1-2;;/h1-2H3;5H,1H3,(H2,3,4);1H4;;;2H,1H2;1H3;1H2. The van der Waals surface area contributed by atoms with E-state index in [0.29, 0.717) is 11.7 Å². The van der Waals surface area contributed by atoms with E-state index >= 15 is 0 Å². The molecule has 0 aromatic carbocycles. The number of oxime groups is 1. The maximum absolute atomic E-state index is 9.51. The third-order valence-electron chi connectivity index (χ3n) is 0.787. The second-order valence-corrected chi connectivity index (χ2v) is 9.14. The first-order valence-corrected chi connectivity index (χ1v) is 15.1. The van der Waals surface area contributed by atoms with Crippen molar-refractivity contribution in [3.05, 3.63) is 11.7 Å². The highest BCUT2D eigenvalue weighted by Gasteiger charge is 2.02. The fourth-order valence-electron chi connectivity index (χ4n) is 0.401. The summed E-state index contributed by atoms with van der Waals surface area (Å²) in [5.74, 6) is 5.00. The minimum atomic E-state index is -3.22. The molecule has 0 bridgehead atoms. The Morgan fingerprint density at radius 1 is 1.29 bits per heavy atom. The molecular formula is C7H24Cl3I2N6O5P. The Labute approximate surface area is 178 Å². The van der Waals surface area contributed by atoms with Crippen molar-refractivity contribution in [2.24, 2.45) is 16.8 Å². The minimum absolute atomic E-state index is 0. The molecule has 0 aliphatic heterocycles. The van der Waals surface area contributed by atoms with Crippen LogP contribution in [-0.4, -0.2) is 31.9 Å². The van der Waals surface area contributed by atoms with Crippen molar-refractivity contribution in [3.63, 3.8) is 0 Å². The van der Waals surface area contributed by atoms with Crippen molar-refractivity contribution >= 4 is 82.0 Å². The average molecular weight is 663 g/mol. The van der Waals surface area contributed by atoms with Crippen LogP contribution < -0.4 is 17.8 Å². The van der Waals surface area contributed by atoms with E-state index < -0.39 is 5.20 Å². The zero-order valence-corrected chi connectivity index (χ0v) is 19.7. The highest BCUT2D eigenvalue weighted by atomic mass is 128. The number of halogens is 5. The van der Waals surface area contributed by atoms with E-state index in [0.717, 1.165) is 0 Å². The Morgan fingerprint density at radius 2 is 1.54 bits per heavy atom. The predicted molar refractivity (Wildman–Crippen MR) is 117 cm³/mol. The second-order valence-electron chi connectivity index (χ2n) is 2.50. The van der Waals surface area contributed by atoms with Gasteiger partial charge in [-0.15, -0.1) is 0 Å². The van der Waals surface area contributed by atoms with Crippen molar-refractivity contribution in [1.82, 2.24) is 16.3 Å². The summed E-state index contributed by atoms with van der Waals surface area (Å²) in [6, 6.07) is 0. The molecular weight excluding hydrogens is 639 g/mol. The molecule has 11 nitrogen and oxygen atoms in total. The molecule has 1 heterocycles. The van der Waals surface area contributed by atoms with Crippen LogP contribution in [0.25, 0.3) is 0 Å². The summed E-state index contributed by atoms with van der Waals surface area (Å²) >= 11 is 18.1. The third-order valence-corrected chi connectivity index (χ3v) is 0.787. The second kappa shape index (κ2) is 31.6. The summed E-state index contributed by atoms with van der Waals surface area (Å²) in [6.45, 7) is 5.05. The van der Waals surface area contributed by atoms with E-state index in [1.807, 2.05) is 0 Å². The normalized spacial score (nSPS) is 8.17. The van der Waals surface area contributed by atoms with Crippen LogP contribution in [0.15, 0.2) is 9.68 Å². The molecule has 0 saturated carbocycles. The lowest BCUT2D eigenvalue weighted by Gasteiger charge is -1.74. The quantitative estimate of drug-likeness (QED) is 0.0664. The maximum Gasteiger partial charge on any atom is 0.339 e. The lowest BCUT2D eigenvalue weighted by molar-refractivity contribution is 0.311. The lowest BCUT2D eigenvalue weighted by atomic mass is 10.7. The van der Waals surface area contributed by atoms with Gasteiger partial charge in [0.15, 0.2) is 5.82 Å². The van der Waals surface area contributed by atoms with Crippen LogP contribution in [-0.2, 0) is 4.57 Å². The van der Waals surface area contributed by atoms with E-state index in [9.17, 15) is 4.57 Å². The number of amidine groups is 1. The van der Waals surface area contributed by atoms with E-state index in [1.165, 1.54) is 6.92 Å². The molecule has 0 fully saturated rings. The van der Waals surface area contributed by atoms with Crippen LogP contribution in [0.5, 0.6) is 0 Å². The molecule has 0 amide bonds. The number of aryl methyl sites for hydroxylation is 2. The molecule has 152 valence electrons. The van der Waals surface area contributed by atoms with Crippen molar-refractivity contribution in [2.45, 2.75) is 28.2 Å². The molecule has 11 N–H and O–H groups in total. The highest BCUT2D eigenvalue weighted by Crippen LogP contribution is 2.61. The highest BCUT2D eigenvalue weighted by molar-refractivity contribution is 15.0. The lowest BCUT2D eigenvalue weighted by Crippen LogP contribution is -2.03. The van der Waals surface area contributed by atoms with Crippen LogP contribution >= 0.6 is 76.2 Å². The van der Waals surface area contributed by atoms with Crippen LogP contribution in [0.3, 0.4) is 0 Å². The van der Waals surface area contributed by atoms with Crippen LogP contribution in [0.1, 0.15) is 26.1 Å². The average Bonchev–Trinajstić information content (AvgIpc) is 2.77. The molecule has 0 unspecified atom stereocenters. The van der Waals surface area contributed by atoms with Gasteiger partial charge in [-0.3, -0.25) is 4.57 Å². The number of nitrogens with two attached hydrogens (primary N) is 2. The van der Waals surface area contributed by atoms with Crippen molar-refractivity contribution in [3.8, 4) is 0 Å². The predicted octanol–water partition coefficient (Wildman–Crippen LogP) is 4.33. The first-order chi connectivity index (χ1) is 9.56. The smallest absolute Gasteiger partial charge is 0.339 e. The molecule has 24 heavy (non-hydrogen) atoms. The zero-order valence-electron chi connectivity index (χ0n) is 12.3. The van der Waals surface area contributed by atoms with E-state index in [1.54, 1.807) is 13.8 Å². The van der Waals surface area contributed by atoms with Gasteiger partial charge in [-0.25, -0.2) is 5.90 Å². The van der Waals surface area contributed by atoms with Gasteiger partial charge in [0, 0.05) is 44.2 Å². The summed E-state index contributed by atoms with van der Waals surface area (Å²) in [5, 5.41) is 17.0. The number of hydrogen-bond acceptors (Lipinski definition) is 9. The molecule has 1 aromatic rings. The number of rotatable bonds is 0. The molecule has 0 aliphatic rings. The molecule has 0 atom stereocenters. The van der Waals surface area contributed by atoms with E-state index in [-0.39, 0.29) is 24.9 Å². The summed E-state index contributed by atoms with van der Waals surface area (Å²) in [6.07, 6.45) is 0. The van der Waals surface area contributed by atoms with Crippen molar-refractivity contribution < 1.29 is 25.0 Å². The van der Waals surface area contributed by atoms with E-state index in [4.69, 9.17) is 16.1 Å². The number of hydrogen-bond donors (Lipinski definition) is 5. The maximum atomic E-state index is 9.51. The van der Waals surface area contributed by atoms with Crippen molar-refractivity contribution in [2.75, 3.05) is 0 Å². The molecule has 1 aromatic heterocycles. The molecule has 1 rings (SSSR count). The van der Waals surface area contributed by atoms with Gasteiger partial charge in [0.2, 0.25) is 5.89 Å². The summed E-state index contributed by atoms with van der Waals surface area (Å²) in [5.41, 5.74) is 4.79. The number of aromatic nitrogens is 2. The van der Waals surface area contributed by atoms with Gasteiger partial charge in [-0.05, 0) is 47.6 Å².